The van der Waals surface area contributed by atoms with Crippen molar-refractivity contribution in [1.29, 1.82) is 0 Å². The number of hydrogen-bond donors (Lipinski definition) is 1. The number of likely N-dealkylation sites (tertiary alicyclic amines) is 1. The number of nitrogens with one attached hydrogen (secondary N) is 1. The number of rotatable bonds is 6. The lowest BCUT2D eigenvalue weighted by molar-refractivity contribution is -0.0675. The third-order valence-corrected chi connectivity index (χ3v) is 5.90. The highest BCUT2D eigenvalue weighted by Crippen LogP contribution is 2.34. The van der Waals surface area contributed by atoms with Crippen LogP contribution in [0.5, 0.6) is 5.88 Å². The second-order valence-electron chi connectivity index (χ2n) is 8.32. The Morgan fingerprint density at radius 2 is 2.09 bits per heavy atom. The van der Waals surface area contributed by atoms with Crippen LogP contribution in [0.15, 0.2) is 30.5 Å². The van der Waals surface area contributed by atoms with E-state index in [0.717, 1.165) is 4.68 Å². The Labute approximate surface area is 191 Å². The second-order valence-corrected chi connectivity index (χ2v) is 8.32. The predicted octanol–water partition coefficient (Wildman–Crippen LogP) is 3.17. The molecule has 4 heterocycles. The molecular weight excluding hydrogens is 456 g/mol. The fourth-order valence-corrected chi connectivity index (χ4v) is 4.27. The Morgan fingerprint density at radius 1 is 1.26 bits per heavy atom. The van der Waals surface area contributed by atoms with E-state index in [4.69, 9.17) is 4.74 Å². The first kappa shape index (κ1) is 22.3. The van der Waals surface area contributed by atoms with Gasteiger partial charge in [0.15, 0.2) is 0 Å². The van der Waals surface area contributed by atoms with E-state index in [2.05, 4.69) is 25.7 Å². The van der Waals surface area contributed by atoms with Crippen molar-refractivity contribution in [1.82, 2.24) is 34.5 Å². The summed E-state index contributed by atoms with van der Waals surface area (Å²) < 4.78 is 62.9. The molecule has 34 heavy (non-hydrogen) atoms. The van der Waals surface area contributed by atoms with Gasteiger partial charge in [0.2, 0.25) is 11.8 Å². The first-order valence-electron chi connectivity index (χ1n) is 10.6. The van der Waals surface area contributed by atoms with Crippen LogP contribution in [0.4, 0.5) is 23.5 Å². The smallest absolute Gasteiger partial charge is 0.280 e. The van der Waals surface area contributed by atoms with Gasteiger partial charge in [-0.2, -0.15) is 4.98 Å². The average molecular weight is 478 g/mol. The third-order valence-electron chi connectivity index (χ3n) is 5.90. The normalized spacial score (nSPS) is 18.7. The van der Waals surface area contributed by atoms with Crippen LogP contribution in [0.1, 0.15) is 6.42 Å². The number of halogens is 4. The molecule has 0 aliphatic carbocycles. The zero-order valence-corrected chi connectivity index (χ0v) is 18.4. The molecule has 1 fully saturated rings. The van der Waals surface area contributed by atoms with Crippen LogP contribution in [-0.4, -0.2) is 80.1 Å². The van der Waals surface area contributed by atoms with Crippen LogP contribution in [0.25, 0.3) is 27.7 Å². The molecule has 0 radical (unpaired) electrons. The lowest BCUT2D eigenvalue weighted by Gasteiger charge is -2.36. The molecule has 1 aromatic carbocycles. The highest BCUT2D eigenvalue weighted by Gasteiger charge is 2.44. The van der Waals surface area contributed by atoms with Gasteiger partial charge in [-0.05, 0) is 37.2 Å². The Kier molecular flexibility index (Phi) is 5.50. The number of fused-ring (bicyclic) bond motifs is 2. The minimum atomic E-state index is -2.94. The predicted molar refractivity (Wildman–Crippen MR) is 117 cm³/mol. The molecule has 5 rings (SSSR count). The molecule has 3 aromatic heterocycles. The quantitative estimate of drug-likeness (QED) is 0.426. The number of ether oxygens (including phenoxy) is 1. The SMILES string of the molecule is COc1nc(N[C@@H]2CCN(C)CC2(F)F)nn2ccc(-c3ccc4nnn(CC(F)F)c4c3)c12. The summed E-state index contributed by atoms with van der Waals surface area (Å²) >= 11 is 0. The molecular formula is C21H22F4N8O. The van der Waals surface area contributed by atoms with Gasteiger partial charge in [0.1, 0.15) is 17.6 Å². The van der Waals surface area contributed by atoms with Crippen LogP contribution in [0.3, 0.4) is 0 Å². The molecule has 0 amide bonds. The summed E-state index contributed by atoms with van der Waals surface area (Å²) in [7, 11) is 3.09. The first-order chi connectivity index (χ1) is 16.2. The summed E-state index contributed by atoms with van der Waals surface area (Å²) in [4.78, 5) is 5.91. The summed E-state index contributed by atoms with van der Waals surface area (Å²) in [5, 5.41) is 14.8. The van der Waals surface area contributed by atoms with Gasteiger partial charge in [0, 0.05) is 18.3 Å². The molecule has 1 saturated heterocycles. The van der Waals surface area contributed by atoms with Crippen molar-refractivity contribution in [2.75, 3.05) is 32.6 Å². The van der Waals surface area contributed by atoms with E-state index in [1.807, 2.05) is 0 Å². The van der Waals surface area contributed by atoms with Crippen molar-refractivity contribution in [3.05, 3.63) is 30.5 Å². The lowest BCUT2D eigenvalue weighted by atomic mass is 10.0. The van der Waals surface area contributed by atoms with E-state index in [1.165, 1.54) is 11.6 Å². The Hall–Kier alpha value is -3.48. The van der Waals surface area contributed by atoms with E-state index in [-0.39, 0.29) is 24.8 Å². The van der Waals surface area contributed by atoms with Gasteiger partial charge < -0.3 is 15.0 Å². The lowest BCUT2D eigenvalue weighted by Crippen LogP contribution is -2.53. The number of hydrogen-bond acceptors (Lipinski definition) is 7. The van der Waals surface area contributed by atoms with Crippen LogP contribution < -0.4 is 10.1 Å². The average Bonchev–Trinajstić information content (AvgIpc) is 3.38. The Bertz CT molecular complexity index is 1340. The molecule has 180 valence electrons. The molecule has 1 aliphatic heterocycles. The molecule has 0 spiro atoms. The zero-order chi connectivity index (χ0) is 24.0. The van der Waals surface area contributed by atoms with Crippen LogP contribution in [-0.2, 0) is 6.54 Å². The standard InChI is InChI=1S/C21H22F4N8O/c1-31-7-6-16(21(24,25)11-31)26-20-27-19(34-2)18-13(5-8-32(18)29-20)12-3-4-14-15(9-12)33(30-28-14)10-17(22)23/h3-5,8-9,16-17H,6-7,10-11H2,1-2H3,(H,26,29)/t16-/m1/s1. The maximum absolute atomic E-state index is 14.5. The minimum absolute atomic E-state index is 0.0235. The van der Waals surface area contributed by atoms with Crippen molar-refractivity contribution in [2.24, 2.45) is 0 Å². The maximum Gasteiger partial charge on any atom is 0.280 e. The summed E-state index contributed by atoms with van der Waals surface area (Å²) in [6, 6.07) is 5.84. The van der Waals surface area contributed by atoms with E-state index in [1.54, 1.807) is 42.4 Å². The van der Waals surface area contributed by atoms with Gasteiger partial charge in [-0.3, -0.25) is 0 Å². The monoisotopic (exact) mass is 478 g/mol. The van der Waals surface area contributed by atoms with E-state index < -0.39 is 24.9 Å². The number of aromatic nitrogens is 6. The van der Waals surface area contributed by atoms with Crippen molar-refractivity contribution >= 4 is 22.5 Å². The maximum atomic E-state index is 14.5. The fourth-order valence-electron chi connectivity index (χ4n) is 4.27. The van der Waals surface area contributed by atoms with Crippen molar-refractivity contribution in [2.45, 2.75) is 31.4 Å². The molecule has 1 aliphatic rings. The van der Waals surface area contributed by atoms with Gasteiger partial charge in [0.05, 0.1) is 25.2 Å². The molecule has 1 N–H and O–H groups in total. The van der Waals surface area contributed by atoms with Gasteiger partial charge in [-0.1, -0.05) is 11.3 Å². The largest absolute Gasteiger partial charge is 0.479 e. The van der Waals surface area contributed by atoms with Gasteiger partial charge >= 0.3 is 0 Å². The van der Waals surface area contributed by atoms with Gasteiger partial charge in [-0.25, -0.2) is 26.8 Å². The highest BCUT2D eigenvalue weighted by molar-refractivity contribution is 5.89. The molecule has 4 aromatic rings. The summed E-state index contributed by atoms with van der Waals surface area (Å²) in [6.45, 7) is -0.392. The molecule has 13 heteroatoms. The highest BCUT2D eigenvalue weighted by atomic mass is 19.3. The van der Waals surface area contributed by atoms with Crippen molar-refractivity contribution in [3.8, 4) is 17.0 Å². The van der Waals surface area contributed by atoms with Crippen molar-refractivity contribution < 1.29 is 22.3 Å². The summed E-state index contributed by atoms with van der Waals surface area (Å²) in [6.07, 6.45) is -0.670. The van der Waals surface area contributed by atoms with Crippen molar-refractivity contribution in [3.63, 3.8) is 0 Å². The van der Waals surface area contributed by atoms with Crippen LogP contribution in [0, 0.1) is 0 Å². The molecule has 0 bridgehead atoms. The fraction of sp³-hybridized carbons (Fsp3) is 0.429. The van der Waals surface area contributed by atoms with Gasteiger partial charge in [0.25, 0.3) is 12.3 Å². The number of methoxy groups -OCH3 is 1. The number of anilines is 1. The second kappa shape index (κ2) is 8.38. The number of alkyl halides is 4. The topological polar surface area (TPSA) is 85.4 Å². The molecule has 0 unspecified atom stereocenters. The summed E-state index contributed by atoms with van der Waals surface area (Å²) in [5.41, 5.74) is 2.83. The van der Waals surface area contributed by atoms with Gasteiger partial charge in [-0.15, -0.1) is 10.2 Å². The minimum Gasteiger partial charge on any atom is -0.479 e. The Balaban J connectivity index is 1.52. The number of nitrogens with zero attached hydrogens (tertiary/aromatic N) is 7. The molecule has 1 atom stereocenters. The van der Waals surface area contributed by atoms with E-state index in [9.17, 15) is 17.6 Å². The zero-order valence-electron chi connectivity index (χ0n) is 18.4. The summed E-state index contributed by atoms with van der Waals surface area (Å²) in [5.74, 6) is -2.73. The first-order valence-corrected chi connectivity index (χ1v) is 10.6. The number of benzene rings is 1. The van der Waals surface area contributed by atoms with Crippen LogP contribution >= 0.6 is 0 Å². The Morgan fingerprint density at radius 3 is 2.82 bits per heavy atom. The third kappa shape index (κ3) is 4.00. The van der Waals surface area contributed by atoms with Crippen LogP contribution in [0.2, 0.25) is 0 Å². The molecule has 9 nitrogen and oxygen atoms in total. The molecule has 0 saturated carbocycles. The van der Waals surface area contributed by atoms with E-state index >= 15 is 0 Å². The van der Waals surface area contributed by atoms with E-state index in [0.29, 0.717) is 34.2 Å². The number of piperidine rings is 1.